The number of hydrogen-bond donors (Lipinski definition) is 1. The second-order valence-corrected chi connectivity index (χ2v) is 10.3. The predicted octanol–water partition coefficient (Wildman–Crippen LogP) is 1.95. The smallest absolute Gasteiger partial charge is 0.324 e. The fourth-order valence-electron chi connectivity index (χ4n) is 3.24. The number of rotatable bonds is 12. The van der Waals surface area contributed by atoms with Crippen LogP contribution in [0.5, 0.6) is 5.75 Å². The van der Waals surface area contributed by atoms with Gasteiger partial charge in [0.25, 0.3) is 0 Å². The molecule has 8 nitrogen and oxygen atoms in total. The highest BCUT2D eigenvalue weighted by Gasteiger charge is 2.23. The molecular formula is C21H30N2O6S. The van der Waals surface area contributed by atoms with Crippen LogP contribution in [-0.2, 0) is 19.4 Å². The van der Waals surface area contributed by atoms with Gasteiger partial charge in [0.1, 0.15) is 5.75 Å². The highest BCUT2D eigenvalue weighted by molar-refractivity contribution is 7.91. The van der Waals surface area contributed by atoms with Gasteiger partial charge in [0.15, 0.2) is 9.84 Å². The predicted molar refractivity (Wildman–Crippen MR) is 112 cm³/mol. The lowest BCUT2D eigenvalue weighted by Crippen LogP contribution is -2.50. The zero-order chi connectivity index (χ0) is 21.6. The first-order valence-electron chi connectivity index (χ1n) is 10.4. The molecule has 1 atom stereocenters. The van der Waals surface area contributed by atoms with E-state index in [9.17, 15) is 18.0 Å². The first-order valence-corrected chi connectivity index (χ1v) is 12.2. The van der Waals surface area contributed by atoms with Crippen molar-refractivity contribution in [2.24, 2.45) is 5.92 Å². The third-order valence-electron chi connectivity index (χ3n) is 5.30. The van der Waals surface area contributed by atoms with Crippen LogP contribution in [0.4, 0.5) is 4.79 Å². The summed E-state index contributed by atoms with van der Waals surface area (Å²) in [4.78, 5) is 24.2. The molecule has 1 N–H and O–H groups in total. The van der Waals surface area contributed by atoms with E-state index in [0.29, 0.717) is 19.0 Å². The van der Waals surface area contributed by atoms with Gasteiger partial charge in [-0.1, -0.05) is 19.1 Å². The average Bonchev–Trinajstić information content (AvgIpc) is 3.52. The monoisotopic (exact) mass is 438 g/mol. The summed E-state index contributed by atoms with van der Waals surface area (Å²) in [5.41, 5.74) is 0.943. The molecule has 166 valence electrons. The van der Waals surface area contributed by atoms with Gasteiger partial charge >= 0.3 is 6.03 Å². The molecule has 0 spiro atoms. The number of nitrogens with one attached hydrogen (secondary N) is 1. The summed E-state index contributed by atoms with van der Waals surface area (Å²) in [6.07, 6.45) is 2.72. The maximum atomic E-state index is 12.5. The van der Waals surface area contributed by atoms with Gasteiger partial charge in [0.05, 0.1) is 31.3 Å². The number of nitrogens with zero attached hydrogens (tertiary/aromatic N) is 1. The number of urea groups is 1. The van der Waals surface area contributed by atoms with Crippen molar-refractivity contribution in [3.05, 3.63) is 29.8 Å². The van der Waals surface area contributed by atoms with Crippen molar-refractivity contribution in [3.8, 4) is 5.75 Å². The fourth-order valence-corrected chi connectivity index (χ4v) is 4.74. The number of carbonyl (C=O) groups is 2. The zero-order valence-corrected chi connectivity index (χ0v) is 18.2. The lowest BCUT2D eigenvalue weighted by atomic mass is 10.0. The van der Waals surface area contributed by atoms with E-state index in [0.717, 1.165) is 17.9 Å². The number of ether oxygens (including phenoxy) is 2. The molecule has 1 saturated carbocycles. The highest BCUT2D eigenvalue weighted by Crippen LogP contribution is 2.30. The van der Waals surface area contributed by atoms with Gasteiger partial charge < -0.3 is 14.4 Å². The Balaban J connectivity index is 1.37. The molecule has 30 heavy (non-hydrogen) atoms. The molecule has 1 aromatic carbocycles. The van der Waals surface area contributed by atoms with Gasteiger partial charge in [-0.3, -0.25) is 10.1 Å². The Morgan fingerprint density at radius 3 is 2.77 bits per heavy atom. The minimum absolute atomic E-state index is 0.0408. The van der Waals surface area contributed by atoms with E-state index in [1.807, 2.05) is 31.2 Å². The summed E-state index contributed by atoms with van der Waals surface area (Å²) in [6.45, 7) is 3.61. The molecule has 2 fully saturated rings. The van der Waals surface area contributed by atoms with Crippen LogP contribution in [0.15, 0.2) is 24.3 Å². The fraction of sp³-hybridized carbons (Fsp3) is 0.619. The van der Waals surface area contributed by atoms with E-state index in [-0.39, 0.29) is 43.0 Å². The summed E-state index contributed by atoms with van der Waals surface area (Å²) in [5.74, 6) is 0.999. The lowest BCUT2D eigenvalue weighted by Gasteiger charge is -2.26. The van der Waals surface area contributed by atoms with Gasteiger partial charge in [-0.05, 0) is 42.4 Å². The van der Waals surface area contributed by atoms with Gasteiger partial charge in [0.2, 0.25) is 5.91 Å². The molecule has 0 radical (unpaired) electrons. The van der Waals surface area contributed by atoms with Crippen molar-refractivity contribution in [2.75, 3.05) is 44.4 Å². The van der Waals surface area contributed by atoms with Crippen LogP contribution in [0.25, 0.3) is 0 Å². The molecule has 1 saturated heterocycles. The van der Waals surface area contributed by atoms with E-state index in [1.165, 1.54) is 17.7 Å². The number of amides is 3. The standard InChI is InChI=1S/C21H30N2O6S/c1-16(18-3-2-4-19(13-18)29-14-17-5-6-17)15-30(26,27)12-11-28-10-9-23-8-7-20(24)22-21(23)25/h2-4,13,16-17H,5-12,14-15H2,1H3,(H,22,24,25)/t16-/m0/s1. The summed E-state index contributed by atoms with van der Waals surface area (Å²) < 4.78 is 36.1. The van der Waals surface area contributed by atoms with Crippen molar-refractivity contribution < 1.29 is 27.5 Å². The van der Waals surface area contributed by atoms with Crippen LogP contribution in [0, 0.1) is 5.92 Å². The number of benzene rings is 1. The van der Waals surface area contributed by atoms with Gasteiger partial charge in [-0.2, -0.15) is 0 Å². The number of hydrogen-bond acceptors (Lipinski definition) is 6. The molecule has 9 heteroatoms. The molecule has 0 unspecified atom stereocenters. The third kappa shape index (κ3) is 7.28. The quantitative estimate of drug-likeness (QED) is 0.501. The topological polar surface area (TPSA) is 102 Å². The van der Waals surface area contributed by atoms with Crippen molar-refractivity contribution in [1.82, 2.24) is 10.2 Å². The Labute approximate surface area is 177 Å². The SMILES string of the molecule is C[C@@H](CS(=O)(=O)CCOCCN1CCC(=O)NC1=O)c1cccc(OCC2CC2)c1. The molecule has 0 bridgehead atoms. The van der Waals surface area contributed by atoms with Crippen LogP contribution < -0.4 is 10.1 Å². The maximum absolute atomic E-state index is 12.5. The molecular weight excluding hydrogens is 408 g/mol. The van der Waals surface area contributed by atoms with Gasteiger partial charge in [-0.15, -0.1) is 0 Å². The van der Waals surface area contributed by atoms with E-state index in [2.05, 4.69) is 5.32 Å². The number of imide groups is 1. The summed E-state index contributed by atoms with van der Waals surface area (Å²) in [6, 6.07) is 7.22. The van der Waals surface area contributed by atoms with Crippen LogP contribution >= 0.6 is 0 Å². The Morgan fingerprint density at radius 1 is 1.23 bits per heavy atom. The van der Waals surface area contributed by atoms with Gasteiger partial charge in [0, 0.05) is 19.5 Å². The molecule has 1 heterocycles. The Bertz CT molecular complexity index is 853. The van der Waals surface area contributed by atoms with Crippen LogP contribution in [-0.4, -0.2) is 69.7 Å². The summed E-state index contributed by atoms with van der Waals surface area (Å²) in [5, 5.41) is 2.24. The largest absolute Gasteiger partial charge is 0.493 e. The van der Waals surface area contributed by atoms with E-state index in [1.54, 1.807) is 0 Å². The molecule has 1 aromatic rings. The van der Waals surface area contributed by atoms with Crippen LogP contribution in [0.3, 0.4) is 0 Å². The highest BCUT2D eigenvalue weighted by atomic mass is 32.2. The number of carbonyl (C=O) groups excluding carboxylic acids is 2. The number of sulfone groups is 1. The second kappa shape index (κ2) is 10.3. The zero-order valence-electron chi connectivity index (χ0n) is 17.3. The Morgan fingerprint density at radius 2 is 2.03 bits per heavy atom. The maximum Gasteiger partial charge on any atom is 0.324 e. The molecule has 0 aromatic heterocycles. The second-order valence-electron chi connectivity index (χ2n) is 8.05. The first kappa shape index (κ1) is 22.6. The minimum Gasteiger partial charge on any atom is -0.493 e. The molecule has 2 aliphatic rings. The molecule has 3 rings (SSSR count). The van der Waals surface area contributed by atoms with Crippen molar-refractivity contribution in [2.45, 2.75) is 32.1 Å². The van der Waals surface area contributed by atoms with Crippen LogP contribution in [0.1, 0.15) is 37.7 Å². The van der Waals surface area contributed by atoms with E-state index in [4.69, 9.17) is 9.47 Å². The Hall–Kier alpha value is -2.13. The summed E-state index contributed by atoms with van der Waals surface area (Å²) >= 11 is 0. The van der Waals surface area contributed by atoms with Gasteiger partial charge in [-0.25, -0.2) is 13.2 Å². The van der Waals surface area contributed by atoms with Crippen LogP contribution in [0.2, 0.25) is 0 Å². The average molecular weight is 439 g/mol. The van der Waals surface area contributed by atoms with Crippen molar-refractivity contribution in [3.63, 3.8) is 0 Å². The minimum atomic E-state index is -3.28. The van der Waals surface area contributed by atoms with E-state index >= 15 is 0 Å². The van der Waals surface area contributed by atoms with Crippen molar-refractivity contribution in [1.29, 1.82) is 0 Å². The van der Waals surface area contributed by atoms with Crippen molar-refractivity contribution >= 4 is 21.8 Å². The van der Waals surface area contributed by atoms with E-state index < -0.39 is 15.9 Å². The molecule has 3 amide bonds. The molecule has 1 aliphatic heterocycles. The summed E-state index contributed by atoms with van der Waals surface area (Å²) in [7, 11) is -3.28. The normalized spacial score (nSPS) is 18.2. The molecule has 1 aliphatic carbocycles. The first-order chi connectivity index (χ1) is 14.3. The Kier molecular flexibility index (Phi) is 7.71. The third-order valence-corrected chi connectivity index (χ3v) is 7.10. The lowest BCUT2D eigenvalue weighted by molar-refractivity contribution is -0.121.